The fourth-order valence-corrected chi connectivity index (χ4v) is 2.11. The van der Waals surface area contributed by atoms with Crippen LogP contribution in [0, 0.1) is 5.41 Å². The summed E-state index contributed by atoms with van der Waals surface area (Å²) in [6.07, 6.45) is 0. The van der Waals surface area contributed by atoms with Crippen LogP contribution in [0.25, 0.3) is 0 Å². The van der Waals surface area contributed by atoms with Gasteiger partial charge in [0.05, 0.1) is 11.5 Å². The molecule has 0 fully saturated rings. The van der Waals surface area contributed by atoms with Crippen molar-refractivity contribution < 1.29 is 4.79 Å². The standard InChI is InChI=1S/C13H17BrClNO/c1-9(10-6-4-5-7-11(10)14)16-12(17)13(2,3)8-15/h4-7,9H,8H2,1-3H3,(H,16,17). The van der Waals surface area contributed by atoms with Crippen molar-refractivity contribution >= 4 is 33.4 Å². The lowest BCUT2D eigenvalue weighted by Crippen LogP contribution is -2.39. The molecule has 1 rings (SSSR count). The highest BCUT2D eigenvalue weighted by atomic mass is 79.9. The van der Waals surface area contributed by atoms with Crippen molar-refractivity contribution in [1.29, 1.82) is 0 Å². The number of alkyl halides is 1. The van der Waals surface area contributed by atoms with E-state index in [9.17, 15) is 4.79 Å². The number of hydrogen-bond acceptors (Lipinski definition) is 1. The lowest BCUT2D eigenvalue weighted by Gasteiger charge is -2.24. The molecule has 1 aromatic carbocycles. The Morgan fingerprint density at radius 3 is 2.59 bits per heavy atom. The Hall–Kier alpha value is -0.540. The van der Waals surface area contributed by atoms with E-state index in [0.29, 0.717) is 5.88 Å². The third-order valence-electron chi connectivity index (χ3n) is 2.67. The van der Waals surface area contributed by atoms with Gasteiger partial charge in [-0.05, 0) is 32.4 Å². The molecular formula is C13H17BrClNO. The second-order valence-electron chi connectivity index (χ2n) is 4.73. The molecule has 0 saturated carbocycles. The number of carbonyl (C=O) groups excluding carboxylic acids is 1. The molecule has 1 amide bonds. The molecular weight excluding hydrogens is 302 g/mol. The van der Waals surface area contributed by atoms with Crippen molar-refractivity contribution in [2.45, 2.75) is 26.8 Å². The maximum Gasteiger partial charge on any atom is 0.227 e. The normalized spacial score (nSPS) is 13.2. The summed E-state index contributed by atoms with van der Waals surface area (Å²) in [5.74, 6) is 0.275. The summed E-state index contributed by atoms with van der Waals surface area (Å²) < 4.78 is 0.997. The third-order valence-corrected chi connectivity index (χ3v) is 4.06. The molecule has 0 aromatic heterocycles. The van der Waals surface area contributed by atoms with Crippen molar-refractivity contribution in [1.82, 2.24) is 5.32 Å². The summed E-state index contributed by atoms with van der Waals surface area (Å²) in [5.41, 5.74) is 0.517. The van der Waals surface area contributed by atoms with Crippen LogP contribution in [0.1, 0.15) is 32.4 Å². The first-order valence-electron chi connectivity index (χ1n) is 5.50. The average Bonchev–Trinajstić information content (AvgIpc) is 2.29. The van der Waals surface area contributed by atoms with E-state index in [1.165, 1.54) is 0 Å². The van der Waals surface area contributed by atoms with Gasteiger partial charge in [0, 0.05) is 10.4 Å². The van der Waals surface area contributed by atoms with Gasteiger partial charge in [0.1, 0.15) is 0 Å². The molecule has 94 valence electrons. The molecule has 0 aliphatic carbocycles. The highest BCUT2D eigenvalue weighted by Crippen LogP contribution is 2.24. The zero-order valence-corrected chi connectivity index (χ0v) is 12.6. The zero-order chi connectivity index (χ0) is 13.1. The fourth-order valence-electron chi connectivity index (χ4n) is 1.36. The topological polar surface area (TPSA) is 29.1 Å². The van der Waals surface area contributed by atoms with Gasteiger partial charge >= 0.3 is 0 Å². The van der Waals surface area contributed by atoms with Crippen LogP contribution < -0.4 is 5.32 Å². The van der Waals surface area contributed by atoms with Crippen LogP contribution in [0.15, 0.2) is 28.7 Å². The van der Waals surface area contributed by atoms with Gasteiger partial charge in [-0.25, -0.2) is 0 Å². The zero-order valence-electron chi connectivity index (χ0n) is 10.3. The Labute approximate surface area is 116 Å². The first-order valence-corrected chi connectivity index (χ1v) is 6.82. The molecule has 0 aliphatic rings. The van der Waals surface area contributed by atoms with Gasteiger partial charge in [-0.1, -0.05) is 34.1 Å². The molecule has 2 nitrogen and oxygen atoms in total. The number of benzene rings is 1. The summed E-state index contributed by atoms with van der Waals surface area (Å²) in [4.78, 5) is 12.0. The predicted molar refractivity (Wildman–Crippen MR) is 75.2 cm³/mol. The highest BCUT2D eigenvalue weighted by molar-refractivity contribution is 9.10. The first kappa shape index (κ1) is 14.5. The molecule has 0 radical (unpaired) electrons. The van der Waals surface area contributed by atoms with Crippen LogP contribution in [-0.2, 0) is 4.79 Å². The second kappa shape index (κ2) is 5.87. The van der Waals surface area contributed by atoms with E-state index in [-0.39, 0.29) is 11.9 Å². The van der Waals surface area contributed by atoms with Crippen molar-refractivity contribution in [3.05, 3.63) is 34.3 Å². The quantitative estimate of drug-likeness (QED) is 0.838. The highest BCUT2D eigenvalue weighted by Gasteiger charge is 2.27. The molecule has 17 heavy (non-hydrogen) atoms. The number of hydrogen-bond donors (Lipinski definition) is 1. The van der Waals surface area contributed by atoms with Gasteiger partial charge < -0.3 is 5.32 Å². The number of halogens is 2. The van der Waals surface area contributed by atoms with Crippen LogP contribution in [0.5, 0.6) is 0 Å². The number of amides is 1. The molecule has 1 N–H and O–H groups in total. The second-order valence-corrected chi connectivity index (χ2v) is 5.86. The van der Waals surface area contributed by atoms with Crippen molar-refractivity contribution in [3.63, 3.8) is 0 Å². The Bertz CT molecular complexity index is 406. The predicted octanol–water partition coefficient (Wildman–Crippen LogP) is 3.89. The smallest absolute Gasteiger partial charge is 0.227 e. The van der Waals surface area contributed by atoms with Crippen LogP contribution in [0.3, 0.4) is 0 Å². The van der Waals surface area contributed by atoms with Gasteiger partial charge in [0.15, 0.2) is 0 Å². The Kier molecular flexibility index (Phi) is 5.02. The Morgan fingerprint density at radius 2 is 2.06 bits per heavy atom. The minimum Gasteiger partial charge on any atom is -0.349 e. The number of carbonyl (C=O) groups is 1. The van der Waals surface area contributed by atoms with E-state index in [4.69, 9.17) is 11.6 Å². The molecule has 0 heterocycles. The first-order chi connectivity index (χ1) is 7.88. The van der Waals surface area contributed by atoms with E-state index in [1.54, 1.807) is 0 Å². The SMILES string of the molecule is CC(NC(=O)C(C)(C)CCl)c1ccccc1Br. The van der Waals surface area contributed by atoms with Crippen LogP contribution >= 0.6 is 27.5 Å². The summed E-state index contributed by atoms with van der Waals surface area (Å²) in [6.45, 7) is 5.63. The molecule has 4 heteroatoms. The van der Waals surface area contributed by atoms with E-state index >= 15 is 0 Å². The van der Waals surface area contributed by atoms with Crippen molar-refractivity contribution in [2.24, 2.45) is 5.41 Å². The lowest BCUT2D eigenvalue weighted by molar-refractivity contribution is -0.129. The molecule has 0 spiro atoms. The van der Waals surface area contributed by atoms with Crippen LogP contribution in [0.2, 0.25) is 0 Å². The Balaban J connectivity index is 2.77. The van der Waals surface area contributed by atoms with Gasteiger partial charge in [-0.15, -0.1) is 11.6 Å². The average molecular weight is 319 g/mol. The maximum atomic E-state index is 12.0. The van der Waals surface area contributed by atoms with E-state index < -0.39 is 5.41 Å². The molecule has 0 aliphatic heterocycles. The van der Waals surface area contributed by atoms with E-state index in [2.05, 4.69) is 21.2 Å². The molecule has 0 bridgehead atoms. The molecule has 1 atom stereocenters. The molecule has 1 unspecified atom stereocenters. The van der Waals surface area contributed by atoms with Gasteiger partial charge in [0.25, 0.3) is 0 Å². The fraction of sp³-hybridized carbons (Fsp3) is 0.462. The number of rotatable bonds is 4. The third kappa shape index (κ3) is 3.71. The number of nitrogens with one attached hydrogen (secondary N) is 1. The summed E-state index contributed by atoms with van der Waals surface area (Å²) in [7, 11) is 0. The lowest BCUT2D eigenvalue weighted by atomic mass is 9.94. The summed E-state index contributed by atoms with van der Waals surface area (Å²) >= 11 is 9.26. The van der Waals surface area contributed by atoms with Crippen LogP contribution in [0.4, 0.5) is 0 Å². The molecule has 0 saturated heterocycles. The summed E-state index contributed by atoms with van der Waals surface area (Å²) in [5, 5.41) is 2.97. The van der Waals surface area contributed by atoms with Crippen molar-refractivity contribution in [2.75, 3.05) is 5.88 Å². The van der Waals surface area contributed by atoms with Gasteiger partial charge in [-0.2, -0.15) is 0 Å². The maximum absolute atomic E-state index is 12.0. The van der Waals surface area contributed by atoms with Gasteiger partial charge in [-0.3, -0.25) is 4.79 Å². The van der Waals surface area contributed by atoms with Gasteiger partial charge in [0.2, 0.25) is 5.91 Å². The van der Waals surface area contributed by atoms with E-state index in [1.807, 2.05) is 45.0 Å². The largest absolute Gasteiger partial charge is 0.349 e. The monoisotopic (exact) mass is 317 g/mol. The Morgan fingerprint density at radius 1 is 1.47 bits per heavy atom. The van der Waals surface area contributed by atoms with E-state index in [0.717, 1.165) is 10.0 Å². The molecule has 1 aromatic rings. The van der Waals surface area contributed by atoms with Crippen LogP contribution in [-0.4, -0.2) is 11.8 Å². The van der Waals surface area contributed by atoms with Crippen molar-refractivity contribution in [3.8, 4) is 0 Å². The minimum atomic E-state index is -0.545. The minimum absolute atomic E-state index is 0.0317. The summed E-state index contributed by atoms with van der Waals surface area (Å²) in [6, 6.07) is 7.81.